The van der Waals surface area contributed by atoms with E-state index < -0.39 is 15.9 Å². The molecular weight excluding hydrogens is 444 g/mol. The Morgan fingerprint density at radius 1 is 1.06 bits per heavy atom. The minimum Gasteiger partial charge on any atom is -0.493 e. The lowest BCUT2D eigenvalue weighted by atomic mass is 10.0. The number of aryl methyl sites for hydroxylation is 1. The van der Waals surface area contributed by atoms with Crippen molar-refractivity contribution in [3.05, 3.63) is 52.4 Å². The van der Waals surface area contributed by atoms with Gasteiger partial charge in [0.2, 0.25) is 0 Å². The van der Waals surface area contributed by atoms with Crippen molar-refractivity contribution in [3.63, 3.8) is 0 Å². The first-order valence-corrected chi connectivity index (χ1v) is 12.1. The van der Waals surface area contributed by atoms with Crippen LogP contribution in [0, 0.1) is 0 Å². The van der Waals surface area contributed by atoms with Gasteiger partial charge in [-0.15, -0.1) is 0 Å². The summed E-state index contributed by atoms with van der Waals surface area (Å²) in [5.41, 5.74) is 2.57. The Morgan fingerprint density at radius 3 is 2.30 bits per heavy atom. The summed E-state index contributed by atoms with van der Waals surface area (Å²) >= 11 is 0. The van der Waals surface area contributed by atoms with Crippen molar-refractivity contribution in [1.82, 2.24) is 5.32 Å². The molecule has 2 aromatic rings. The maximum atomic E-state index is 13.1. The van der Waals surface area contributed by atoms with Crippen molar-refractivity contribution in [3.8, 4) is 17.2 Å². The number of carbonyl (C=O) groups is 1. The van der Waals surface area contributed by atoms with Gasteiger partial charge in [-0.05, 0) is 42.7 Å². The molecule has 0 fully saturated rings. The predicted octanol–water partition coefficient (Wildman–Crippen LogP) is 3.36. The fourth-order valence-corrected chi connectivity index (χ4v) is 5.24. The second-order valence-corrected chi connectivity index (χ2v) is 9.56. The number of methoxy groups -OCH3 is 2. The van der Waals surface area contributed by atoms with E-state index in [0.29, 0.717) is 34.1 Å². The van der Waals surface area contributed by atoms with Gasteiger partial charge in [0.15, 0.2) is 16.4 Å². The fourth-order valence-electron chi connectivity index (χ4n) is 3.75. The van der Waals surface area contributed by atoms with Gasteiger partial charge in [0, 0.05) is 18.7 Å². The van der Waals surface area contributed by atoms with Crippen molar-refractivity contribution in [1.29, 1.82) is 0 Å². The highest BCUT2D eigenvalue weighted by molar-refractivity contribution is 7.97. The number of ether oxygens (including phenoxy) is 3. The lowest BCUT2D eigenvalue weighted by molar-refractivity contribution is -0.116. The number of hydrogen-bond acceptors (Lipinski definition) is 6. The van der Waals surface area contributed by atoms with Gasteiger partial charge in [-0.25, -0.2) is 8.42 Å². The highest BCUT2D eigenvalue weighted by Gasteiger charge is 2.38. The molecule has 8 nitrogen and oxygen atoms in total. The molecule has 0 unspecified atom stereocenters. The summed E-state index contributed by atoms with van der Waals surface area (Å²) in [5.74, 6) is 0.862. The van der Waals surface area contributed by atoms with E-state index in [4.69, 9.17) is 14.2 Å². The van der Waals surface area contributed by atoms with E-state index in [2.05, 4.69) is 12.2 Å². The Morgan fingerprint density at radius 2 is 1.70 bits per heavy atom. The number of nitrogens with zero attached hydrogens (tertiary/aromatic N) is 1. The molecule has 1 aliphatic rings. The molecule has 1 heterocycles. The molecule has 0 atom stereocenters. The van der Waals surface area contributed by atoms with Crippen LogP contribution in [0.15, 0.2) is 41.3 Å². The van der Waals surface area contributed by atoms with E-state index in [1.165, 1.54) is 26.8 Å². The third-order valence-electron chi connectivity index (χ3n) is 5.53. The molecule has 2 aromatic carbocycles. The van der Waals surface area contributed by atoms with Crippen molar-refractivity contribution >= 4 is 27.2 Å². The zero-order valence-corrected chi connectivity index (χ0v) is 20.4. The number of hydrogen-bond donors (Lipinski definition) is 1. The first-order chi connectivity index (χ1) is 15.7. The fraction of sp³-hybridized carbons (Fsp3) is 0.375. The third-order valence-corrected chi connectivity index (χ3v) is 7.45. The normalized spacial score (nSPS) is 14.5. The molecule has 0 spiro atoms. The van der Waals surface area contributed by atoms with E-state index >= 15 is 0 Å². The number of anilines is 1. The molecule has 0 bridgehead atoms. The number of sulfonamides is 1. The largest absolute Gasteiger partial charge is 0.493 e. The lowest BCUT2D eigenvalue weighted by Gasteiger charge is -2.30. The van der Waals surface area contributed by atoms with Crippen LogP contribution in [0.4, 0.5) is 5.69 Å². The SMILES string of the molecule is CCCc1ccc(OCCNC(=O)C2=C(C)c3cc(OC)c(OC)cc3N(C)S2(=O)=O)cc1. The van der Waals surface area contributed by atoms with Crippen molar-refractivity contribution < 1.29 is 27.4 Å². The van der Waals surface area contributed by atoms with Crippen LogP contribution in [-0.2, 0) is 21.2 Å². The highest BCUT2D eigenvalue weighted by atomic mass is 32.2. The molecule has 1 aliphatic heterocycles. The van der Waals surface area contributed by atoms with Gasteiger partial charge in [-0.1, -0.05) is 25.5 Å². The second-order valence-electron chi connectivity index (χ2n) is 7.65. The number of amides is 1. The van der Waals surface area contributed by atoms with E-state index in [1.54, 1.807) is 19.1 Å². The number of fused-ring (bicyclic) bond motifs is 1. The van der Waals surface area contributed by atoms with Crippen molar-refractivity contribution in [2.24, 2.45) is 0 Å². The zero-order chi connectivity index (χ0) is 24.2. The van der Waals surface area contributed by atoms with Gasteiger partial charge < -0.3 is 19.5 Å². The topological polar surface area (TPSA) is 94.2 Å². The number of rotatable bonds is 9. The lowest BCUT2D eigenvalue weighted by Crippen LogP contribution is -2.40. The Balaban J connectivity index is 1.76. The van der Waals surface area contributed by atoms with Crippen LogP contribution in [0.2, 0.25) is 0 Å². The van der Waals surface area contributed by atoms with E-state index in [1.807, 2.05) is 24.3 Å². The van der Waals surface area contributed by atoms with Crippen molar-refractivity contribution in [2.45, 2.75) is 26.7 Å². The highest BCUT2D eigenvalue weighted by Crippen LogP contribution is 2.44. The van der Waals surface area contributed by atoms with Gasteiger partial charge in [-0.3, -0.25) is 9.10 Å². The second kappa shape index (κ2) is 10.2. The molecule has 0 radical (unpaired) electrons. The van der Waals surface area contributed by atoms with Crippen molar-refractivity contribution in [2.75, 3.05) is 38.7 Å². The predicted molar refractivity (Wildman–Crippen MR) is 128 cm³/mol. The first kappa shape index (κ1) is 24.4. The van der Waals surface area contributed by atoms with Crippen LogP contribution in [0.25, 0.3) is 5.57 Å². The molecule has 1 amide bonds. The maximum Gasteiger partial charge on any atom is 0.269 e. The van der Waals surface area contributed by atoms with Crippen LogP contribution in [0.1, 0.15) is 31.4 Å². The van der Waals surface area contributed by atoms with Crippen LogP contribution < -0.4 is 23.8 Å². The summed E-state index contributed by atoms with van der Waals surface area (Å²) in [6, 6.07) is 11.1. The summed E-state index contributed by atoms with van der Waals surface area (Å²) in [4.78, 5) is 12.6. The molecule has 33 heavy (non-hydrogen) atoms. The molecule has 0 saturated carbocycles. The molecule has 0 aliphatic carbocycles. The summed E-state index contributed by atoms with van der Waals surface area (Å²) in [5, 5.41) is 2.66. The summed E-state index contributed by atoms with van der Waals surface area (Å²) in [6.45, 7) is 4.10. The summed E-state index contributed by atoms with van der Waals surface area (Å²) < 4.78 is 43.6. The molecule has 3 rings (SSSR count). The number of benzene rings is 2. The maximum absolute atomic E-state index is 13.1. The number of nitrogens with one attached hydrogen (secondary N) is 1. The quantitative estimate of drug-likeness (QED) is 0.560. The molecule has 1 N–H and O–H groups in total. The Kier molecular flexibility index (Phi) is 7.53. The average Bonchev–Trinajstić information content (AvgIpc) is 2.80. The third kappa shape index (κ3) is 4.93. The van der Waals surface area contributed by atoms with Crippen LogP contribution in [0.5, 0.6) is 17.2 Å². The van der Waals surface area contributed by atoms with Gasteiger partial charge in [0.25, 0.3) is 15.9 Å². The number of allylic oxidation sites excluding steroid dienone is 1. The van der Waals surface area contributed by atoms with E-state index in [0.717, 1.165) is 17.1 Å². The van der Waals surface area contributed by atoms with Gasteiger partial charge in [-0.2, -0.15) is 0 Å². The first-order valence-electron chi connectivity index (χ1n) is 10.7. The monoisotopic (exact) mass is 474 g/mol. The molecule has 0 saturated heterocycles. The Labute approximate surface area is 195 Å². The van der Waals surface area contributed by atoms with Gasteiger partial charge in [0.05, 0.1) is 26.5 Å². The minimum absolute atomic E-state index is 0.157. The molecule has 9 heteroatoms. The van der Waals surface area contributed by atoms with Crippen LogP contribution >= 0.6 is 0 Å². The zero-order valence-electron chi connectivity index (χ0n) is 19.6. The van der Waals surface area contributed by atoms with E-state index in [9.17, 15) is 13.2 Å². The Hall–Kier alpha value is -3.20. The number of carbonyl (C=O) groups excluding carboxylic acids is 1. The van der Waals surface area contributed by atoms with Crippen LogP contribution in [0.3, 0.4) is 0 Å². The molecular formula is C24H30N2O6S. The average molecular weight is 475 g/mol. The summed E-state index contributed by atoms with van der Waals surface area (Å²) in [6.07, 6.45) is 2.08. The Bertz CT molecular complexity index is 1160. The van der Waals surface area contributed by atoms with Gasteiger partial charge >= 0.3 is 0 Å². The smallest absolute Gasteiger partial charge is 0.269 e. The minimum atomic E-state index is -4.04. The standard InChI is InChI=1S/C24H30N2O6S/c1-6-7-17-8-10-18(11-9-17)32-13-12-25-24(27)23-16(2)19-14-21(30-4)22(31-5)15-20(19)26(3)33(23,28)29/h8-11,14-15H,6-7,12-13H2,1-5H3,(H,25,27). The molecule has 178 valence electrons. The molecule has 0 aromatic heterocycles. The van der Waals surface area contributed by atoms with E-state index in [-0.39, 0.29) is 18.1 Å². The summed E-state index contributed by atoms with van der Waals surface area (Å²) in [7, 11) is 0.338. The van der Waals surface area contributed by atoms with Gasteiger partial charge in [0.1, 0.15) is 12.4 Å². The van der Waals surface area contributed by atoms with Crippen LogP contribution in [-0.4, -0.2) is 48.7 Å².